The second-order valence-corrected chi connectivity index (χ2v) is 6.84. The van der Waals surface area contributed by atoms with Gasteiger partial charge in [0.15, 0.2) is 0 Å². The first-order chi connectivity index (χ1) is 11.5. The number of anilines is 1. The van der Waals surface area contributed by atoms with Gasteiger partial charge in [-0.1, -0.05) is 42.5 Å². The molecule has 0 saturated heterocycles. The first-order valence-electron chi connectivity index (χ1n) is 8.41. The largest absolute Gasteiger partial charge is 0.378 e. The average molecular weight is 324 g/mol. The SMILES string of the molecule is CN(C)c1ccc(CCC(C=O)(Cc2ccccc2)N(C)C)cc1. The molecule has 0 saturated carbocycles. The first kappa shape index (κ1) is 18.2. The summed E-state index contributed by atoms with van der Waals surface area (Å²) in [6.45, 7) is 0. The minimum Gasteiger partial charge on any atom is -0.378 e. The van der Waals surface area contributed by atoms with Crippen molar-refractivity contribution < 1.29 is 4.79 Å². The number of carbonyl (C=O) groups is 1. The summed E-state index contributed by atoms with van der Waals surface area (Å²) in [7, 11) is 8.07. The molecule has 0 fully saturated rings. The van der Waals surface area contributed by atoms with E-state index in [1.807, 2.05) is 46.4 Å². The van der Waals surface area contributed by atoms with Gasteiger partial charge >= 0.3 is 0 Å². The number of hydrogen-bond acceptors (Lipinski definition) is 3. The molecule has 2 aromatic rings. The molecular weight excluding hydrogens is 296 g/mol. The van der Waals surface area contributed by atoms with Crippen LogP contribution in [0.4, 0.5) is 5.69 Å². The third kappa shape index (κ3) is 4.45. The Labute approximate surface area is 145 Å². The summed E-state index contributed by atoms with van der Waals surface area (Å²) >= 11 is 0. The van der Waals surface area contributed by atoms with Crippen molar-refractivity contribution in [2.24, 2.45) is 0 Å². The third-order valence-electron chi connectivity index (χ3n) is 4.76. The zero-order chi connectivity index (χ0) is 17.6. The third-order valence-corrected chi connectivity index (χ3v) is 4.76. The Hall–Kier alpha value is -2.13. The number of nitrogens with zero attached hydrogens (tertiary/aromatic N) is 2. The Balaban J connectivity index is 2.12. The van der Waals surface area contributed by atoms with E-state index >= 15 is 0 Å². The molecule has 2 aromatic carbocycles. The lowest BCUT2D eigenvalue weighted by Crippen LogP contribution is -2.48. The van der Waals surface area contributed by atoms with Gasteiger partial charge in [0.2, 0.25) is 0 Å². The Bertz CT molecular complexity index is 635. The molecule has 0 aliphatic heterocycles. The number of aryl methyl sites for hydroxylation is 1. The molecule has 3 nitrogen and oxygen atoms in total. The van der Waals surface area contributed by atoms with E-state index in [0.717, 1.165) is 25.5 Å². The van der Waals surface area contributed by atoms with Gasteiger partial charge in [-0.05, 0) is 56.6 Å². The van der Waals surface area contributed by atoms with Crippen molar-refractivity contribution in [2.75, 3.05) is 33.1 Å². The number of aldehydes is 1. The Morgan fingerprint density at radius 2 is 1.50 bits per heavy atom. The summed E-state index contributed by atoms with van der Waals surface area (Å²) in [5.74, 6) is 0. The minimum atomic E-state index is -0.471. The van der Waals surface area contributed by atoms with Crippen LogP contribution in [0.25, 0.3) is 0 Å². The maximum atomic E-state index is 12.0. The van der Waals surface area contributed by atoms with Crippen LogP contribution in [0.15, 0.2) is 54.6 Å². The summed E-state index contributed by atoms with van der Waals surface area (Å²) in [6, 6.07) is 18.8. The van der Waals surface area contributed by atoms with Gasteiger partial charge in [0.05, 0.1) is 5.54 Å². The van der Waals surface area contributed by atoms with Crippen LogP contribution in [0.5, 0.6) is 0 Å². The quantitative estimate of drug-likeness (QED) is 0.695. The zero-order valence-electron chi connectivity index (χ0n) is 15.2. The minimum absolute atomic E-state index is 0.471. The van der Waals surface area contributed by atoms with Crippen LogP contribution in [-0.2, 0) is 17.6 Å². The molecule has 0 aromatic heterocycles. The van der Waals surface area contributed by atoms with Crippen LogP contribution in [0.3, 0.4) is 0 Å². The Kier molecular flexibility index (Phi) is 6.16. The molecule has 2 rings (SSSR count). The highest BCUT2D eigenvalue weighted by Crippen LogP contribution is 2.24. The van der Waals surface area contributed by atoms with E-state index in [0.29, 0.717) is 0 Å². The molecule has 0 amide bonds. The fraction of sp³-hybridized carbons (Fsp3) is 0.381. The molecule has 1 atom stereocenters. The Morgan fingerprint density at radius 1 is 0.875 bits per heavy atom. The van der Waals surface area contributed by atoms with Crippen molar-refractivity contribution in [2.45, 2.75) is 24.8 Å². The highest BCUT2D eigenvalue weighted by molar-refractivity contribution is 5.65. The second kappa shape index (κ2) is 8.11. The molecule has 0 N–H and O–H groups in total. The lowest BCUT2D eigenvalue weighted by Gasteiger charge is -2.35. The van der Waals surface area contributed by atoms with Gasteiger partial charge in [0.25, 0.3) is 0 Å². The van der Waals surface area contributed by atoms with Crippen LogP contribution >= 0.6 is 0 Å². The van der Waals surface area contributed by atoms with Crippen molar-refractivity contribution in [3.8, 4) is 0 Å². The molecule has 128 valence electrons. The van der Waals surface area contributed by atoms with E-state index in [1.54, 1.807) is 0 Å². The van der Waals surface area contributed by atoms with E-state index < -0.39 is 5.54 Å². The normalized spacial score (nSPS) is 13.5. The molecule has 24 heavy (non-hydrogen) atoms. The first-order valence-corrected chi connectivity index (χ1v) is 8.41. The zero-order valence-corrected chi connectivity index (χ0v) is 15.2. The maximum Gasteiger partial charge on any atom is 0.140 e. The van der Waals surface area contributed by atoms with Crippen LogP contribution in [0, 0.1) is 0 Å². The number of carbonyl (C=O) groups excluding carboxylic acids is 1. The van der Waals surface area contributed by atoms with Gasteiger partial charge < -0.3 is 9.69 Å². The van der Waals surface area contributed by atoms with E-state index in [2.05, 4.69) is 46.2 Å². The summed E-state index contributed by atoms with van der Waals surface area (Å²) < 4.78 is 0. The average Bonchev–Trinajstić information content (AvgIpc) is 2.59. The van der Waals surface area contributed by atoms with Crippen molar-refractivity contribution in [3.63, 3.8) is 0 Å². The lowest BCUT2D eigenvalue weighted by atomic mass is 9.85. The van der Waals surface area contributed by atoms with E-state index in [4.69, 9.17) is 0 Å². The van der Waals surface area contributed by atoms with Crippen molar-refractivity contribution in [1.82, 2.24) is 4.90 Å². The number of hydrogen-bond donors (Lipinski definition) is 0. The molecule has 0 bridgehead atoms. The van der Waals surface area contributed by atoms with E-state index in [9.17, 15) is 4.79 Å². The van der Waals surface area contributed by atoms with E-state index in [-0.39, 0.29) is 0 Å². The standard InChI is InChI=1S/C21H28N2O/c1-22(2)20-12-10-18(11-13-20)14-15-21(17-24,23(3)4)16-19-8-6-5-7-9-19/h5-13,17H,14-16H2,1-4H3. The molecule has 3 heteroatoms. The summed E-state index contributed by atoms with van der Waals surface area (Å²) in [6.07, 6.45) is 3.55. The maximum absolute atomic E-state index is 12.0. The monoisotopic (exact) mass is 324 g/mol. The van der Waals surface area contributed by atoms with Crippen LogP contribution in [0.1, 0.15) is 17.5 Å². The highest BCUT2D eigenvalue weighted by Gasteiger charge is 2.32. The van der Waals surface area contributed by atoms with Gasteiger partial charge in [0.1, 0.15) is 6.29 Å². The van der Waals surface area contributed by atoms with Crippen LogP contribution in [-0.4, -0.2) is 44.9 Å². The second-order valence-electron chi connectivity index (χ2n) is 6.84. The molecule has 0 aliphatic carbocycles. The Morgan fingerprint density at radius 3 is 2.00 bits per heavy atom. The van der Waals surface area contributed by atoms with Crippen LogP contribution in [0.2, 0.25) is 0 Å². The van der Waals surface area contributed by atoms with Crippen molar-refractivity contribution in [3.05, 3.63) is 65.7 Å². The topological polar surface area (TPSA) is 23.6 Å². The fourth-order valence-electron chi connectivity index (χ4n) is 2.95. The smallest absolute Gasteiger partial charge is 0.140 e. The van der Waals surface area contributed by atoms with Gasteiger partial charge in [-0.25, -0.2) is 0 Å². The van der Waals surface area contributed by atoms with Gasteiger partial charge in [-0.3, -0.25) is 4.90 Å². The predicted molar refractivity (Wildman–Crippen MR) is 102 cm³/mol. The summed E-state index contributed by atoms with van der Waals surface area (Å²) in [5, 5.41) is 0. The highest BCUT2D eigenvalue weighted by atomic mass is 16.1. The molecule has 0 heterocycles. The predicted octanol–water partition coefficient (Wildman–Crippen LogP) is 3.43. The molecule has 0 spiro atoms. The van der Waals surface area contributed by atoms with Crippen LogP contribution < -0.4 is 4.90 Å². The molecule has 1 unspecified atom stereocenters. The number of rotatable bonds is 8. The summed E-state index contributed by atoms with van der Waals surface area (Å²) in [5.41, 5.74) is 3.18. The van der Waals surface area contributed by atoms with Gasteiger partial charge in [-0.2, -0.15) is 0 Å². The molecule has 0 radical (unpaired) electrons. The molecule has 0 aliphatic rings. The van der Waals surface area contributed by atoms with Crippen molar-refractivity contribution >= 4 is 12.0 Å². The van der Waals surface area contributed by atoms with Gasteiger partial charge in [-0.15, -0.1) is 0 Å². The fourth-order valence-corrected chi connectivity index (χ4v) is 2.95. The number of likely N-dealkylation sites (N-methyl/N-ethyl adjacent to an activating group) is 1. The van der Waals surface area contributed by atoms with Crippen molar-refractivity contribution in [1.29, 1.82) is 0 Å². The van der Waals surface area contributed by atoms with E-state index in [1.165, 1.54) is 16.8 Å². The molecular formula is C21H28N2O. The summed E-state index contributed by atoms with van der Waals surface area (Å²) in [4.78, 5) is 16.1. The van der Waals surface area contributed by atoms with Gasteiger partial charge in [0, 0.05) is 19.8 Å². The lowest BCUT2D eigenvalue weighted by molar-refractivity contribution is -0.117. The number of benzene rings is 2.